The standard InChI is InChI=1S/C17H24N2O2/c1-12(18-14-7-9-19(2)10-8-14)16-11-13-5-4-6-15(20-3)17(13)21-16/h4-6,11-12,14,18H,7-10H2,1-3H3. The molecular weight excluding hydrogens is 264 g/mol. The topological polar surface area (TPSA) is 37.6 Å². The van der Waals surface area contributed by atoms with Gasteiger partial charge >= 0.3 is 0 Å². The second-order valence-electron chi connectivity index (χ2n) is 5.99. The minimum atomic E-state index is 0.218. The van der Waals surface area contributed by atoms with Crippen LogP contribution in [0.25, 0.3) is 11.0 Å². The number of rotatable bonds is 4. The maximum atomic E-state index is 6.02. The molecule has 1 aliphatic heterocycles. The molecule has 2 aromatic rings. The highest BCUT2D eigenvalue weighted by molar-refractivity contribution is 5.83. The van der Waals surface area contributed by atoms with Gasteiger partial charge in [-0.1, -0.05) is 12.1 Å². The first kappa shape index (κ1) is 14.4. The van der Waals surface area contributed by atoms with E-state index in [2.05, 4.69) is 36.3 Å². The summed E-state index contributed by atoms with van der Waals surface area (Å²) in [6, 6.07) is 8.90. The van der Waals surface area contributed by atoms with E-state index in [0.29, 0.717) is 6.04 Å². The van der Waals surface area contributed by atoms with Crippen molar-refractivity contribution in [1.82, 2.24) is 10.2 Å². The molecule has 0 aliphatic carbocycles. The van der Waals surface area contributed by atoms with Gasteiger partial charge < -0.3 is 19.4 Å². The van der Waals surface area contributed by atoms with Crippen LogP contribution < -0.4 is 10.1 Å². The van der Waals surface area contributed by atoms with Gasteiger partial charge in [0.2, 0.25) is 0 Å². The summed E-state index contributed by atoms with van der Waals surface area (Å²) in [5.74, 6) is 1.78. The van der Waals surface area contributed by atoms with Gasteiger partial charge in [-0.25, -0.2) is 0 Å². The summed E-state index contributed by atoms with van der Waals surface area (Å²) in [5, 5.41) is 4.79. The average Bonchev–Trinajstić information content (AvgIpc) is 2.93. The molecule has 0 spiro atoms. The molecule has 1 unspecified atom stereocenters. The number of likely N-dealkylation sites (tertiary alicyclic amines) is 1. The summed E-state index contributed by atoms with van der Waals surface area (Å²) >= 11 is 0. The molecule has 1 saturated heterocycles. The van der Waals surface area contributed by atoms with Crippen LogP contribution in [0.2, 0.25) is 0 Å². The zero-order chi connectivity index (χ0) is 14.8. The molecule has 1 aromatic heterocycles. The molecule has 21 heavy (non-hydrogen) atoms. The zero-order valence-corrected chi connectivity index (χ0v) is 13.1. The van der Waals surface area contributed by atoms with E-state index in [1.165, 1.54) is 25.9 Å². The normalized spacial score (nSPS) is 19.0. The molecule has 1 atom stereocenters. The van der Waals surface area contributed by atoms with E-state index in [0.717, 1.165) is 22.5 Å². The van der Waals surface area contributed by atoms with E-state index in [1.807, 2.05) is 12.1 Å². The summed E-state index contributed by atoms with van der Waals surface area (Å²) in [4.78, 5) is 2.38. The number of piperidine rings is 1. The molecular formula is C17H24N2O2. The highest BCUT2D eigenvalue weighted by Crippen LogP contribution is 2.31. The Bertz CT molecular complexity index is 600. The number of benzene rings is 1. The Balaban J connectivity index is 1.74. The minimum Gasteiger partial charge on any atom is -0.493 e. The van der Waals surface area contributed by atoms with E-state index < -0.39 is 0 Å². The van der Waals surface area contributed by atoms with E-state index in [9.17, 15) is 0 Å². The zero-order valence-electron chi connectivity index (χ0n) is 13.1. The SMILES string of the molecule is COc1cccc2cc(C(C)NC3CCN(C)CC3)oc12. The summed E-state index contributed by atoms with van der Waals surface area (Å²) in [6.07, 6.45) is 2.40. The predicted octanol–water partition coefficient (Wildman–Crippen LogP) is 3.19. The number of nitrogens with one attached hydrogen (secondary N) is 1. The molecule has 4 heteroatoms. The Morgan fingerprint density at radius 3 is 2.81 bits per heavy atom. The Labute approximate surface area is 126 Å². The van der Waals surface area contributed by atoms with Gasteiger partial charge in [0.25, 0.3) is 0 Å². The summed E-state index contributed by atoms with van der Waals surface area (Å²) in [7, 11) is 3.86. The largest absolute Gasteiger partial charge is 0.493 e. The lowest BCUT2D eigenvalue weighted by Crippen LogP contribution is -2.41. The van der Waals surface area contributed by atoms with Crippen LogP contribution in [-0.2, 0) is 0 Å². The van der Waals surface area contributed by atoms with Crippen molar-refractivity contribution in [2.45, 2.75) is 31.8 Å². The molecule has 0 bridgehead atoms. The molecule has 3 rings (SSSR count). The first-order valence-corrected chi connectivity index (χ1v) is 7.68. The highest BCUT2D eigenvalue weighted by atomic mass is 16.5. The fraction of sp³-hybridized carbons (Fsp3) is 0.529. The van der Waals surface area contributed by atoms with Gasteiger partial charge in [0.05, 0.1) is 13.2 Å². The molecule has 2 heterocycles. The number of para-hydroxylation sites is 1. The second-order valence-corrected chi connectivity index (χ2v) is 5.99. The molecule has 114 valence electrons. The van der Waals surface area contributed by atoms with E-state index in [-0.39, 0.29) is 6.04 Å². The van der Waals surface area contributed by atoms with E-state index >= 15 is 0 Å². The van der Waals surface area contributed by atoms with Gasteiger partial charge in [0.1, 0.15) is 5.76 Å². The van der Waals surface area contributed by atoms with E-state index in [1.54, 1.807) is 7.11 Å². The Kier molecular flexibility index (Phi) is 4.17. The highest BCUT2D eigenvalue weighted by Gasteiger charge is 2.21. The molecule has 1 fully saturated rings. The van der Waals surface area contributed by atoms with Crippen LogP contribution in [0, 0.1) is 0 Å². The van der Waals surface area contributed by atoms with E-state index in [4.69, 9.17) is 9.15 Å². The molecule has 0 saturated carbocycles. The van der Waals surface area contributed by atoms with Crippen LogP contribution in [0.3, 0.4) is 0 Å². The van der Waals surface area contributed by atoms with Crippen LogP contribution in [0.1, 0.15) is 31.6 Å². The summed E-state index contributed by atoms with van der Waals surface area (Å²) in [5.41, 5.74) is 0.840. The van der Waals surface area contributed by atoms with Crippen LogP contribution in [0.5, 0.6) is 5.75 Å². The number of hydrogen-bond donors (Lipinski definition) is 1. The first-order chi connectivity index (χ1) is 10.2. The predicted molar refractivity (Wildman–Crippen MR) is 84.8 cm³/mol. The van der Waals surface area contributed by atoms with Crippen LogP contribution in [-0.4, -0.2) is 38.2 Å². The van der Waals surface area contributed by atoms with Gasteiger partial charge in [-0.3, -0.25) is 0 Å². The Morgan fingerprint density at radius 2 is 2.10 bits per heavy atom. The van der Waals surface area contributed by atoms with Crippen molar-refractivity contribution in [1.29, 1.82) is 0 Å². The molecule has 1 aromatic carbocycles. The van der Waals surface area contributed by atoms with Crippen molar-refractivity contribution >= 4 is 11.0 Å². The van der Waals surface area contributed by atoms with Gasteiger partial charge in [-0.2, -0.15) is 0 Å². The van der Waals surface area contributed by atoms with Crippen molar-refractivity contribution in [3.05, 3.63) is 30.0 Å². The third-order valence-corrected chi connectivity index (χ3v) is 4.38. The maximum absolute atomic E-state index is 6.02. The number of fused-ring (bicyclic) bond motifs is 1. The van der Waals surface area contributed by atoms with Crippen molar-refractivity contribution < 1.29 is 9.15 Å². The lowest BCUT2D eigenvalue weighted by Gasteiger charge is -2.31. The minimum absolute atomic E-state index is 0.218. The lowest BCUT2D eigenvalue weighted by atomic mass is 10.0. The first-order valence-electron chi connectivity index (χ1n) is 7.68. The second kappa shape index (κ2) is 6.08. The third-order valence-electron chi connectivity index (χ3n) is 4.38. The van der Waals surface area contributed by atoms with Gasteiger partial charge in [0.15, 0.2) is 11.3 Å². The smallest absolute Gasteiger partial charge is 0.176 e. The van der Waals surface area contributed by atoms with Crippen LogP contribution in [0.15, 0.2) is 28.7 Å². The Morgan fingerprint density at radius 1 is 1.33 bits per heavy atom. The molecule has 1 aliphatic rings. The third kappa shape index (κ3) is 3.06. The number of methoxy groups -OCH3 is 1. The molecule has 4 nitrogen and oxygen atoms in total. The fourth-order valence-corrected chi connectivity index (χ4v) is 3.04. The quantitative estimate of drug-likeness (QED) is 0.937. The van der Waals surface area contributed by atoms with Crippen LogP contribution >= 0.6 is 0 Å². The fourth-order valence-electron chi connectivity index (χ4n) is 3.04. The van der Waals surface area contributed by atoms with Crippen LogP contribution in [0.4, 0.5) is 0 Å². The van der Waals surface area contributed by atoms with Crippen molar-refractivity contribution in [3.63, 3.8) is 0 Å². The summed E-state index contributed by atoms with van der Waals surface area (Å²) < 4.78 is 11.4. The van der Waals surface area contributed by atoms with Gasteiger partial charge in [-0.05, 0) is 52.0 Å². The number of ether oxygens (including phenoxy) is 1. The monoisotopic (exact) mass is 288 g/mol. The molecule has 0 amide bonds. The maximum Gasteiger partial charge on any atom is 0.176 e. The van der Waals surface area contributed by atoms with Crippen molar-refractivity contribution in [2.75, 3.05) is 27.2 Å². The molecule has 0 radical (unpaired) electrons. The number of nitrogens with zero attached hydrogens (tertiary/aromatic N) is 1. The van der Waals surface area contributed by atoms with Crippen molar-refractivity contribution in [2.24, 2.45) is 0 Å². The molecule has 1 N–H and O–H groups in total. The van der Waals surface area contributed by atoms with Gasteiger partial charge in [0, 0.05) is 11.4 Å². The van der Waals surface area contributed by atoms with Gasteiger partial charge in [-0.15, -0.1) is 0 Å². The summed E-state index contributed by atoms with van der Waals surface area (Å²) in [6.45, 7) is 4.50. The number of hydrogen-bond acceptors (Lipinski definition) is 4. The Hall–Kier alpha value is -1.52. The lowest BCUT2D eigenvalue weighted by molar-refractivity contribution is 0.222. The average molecular weight is 288 g/mol. The number of furan rings is 1. The van der Waals surface area contributed by atoms with Crippen molar-refractivity contribution in [3.8, 4) is 5.75 Å².